The lowest BCUT2D eigenvalue weighted by Crippen LogP contribution is -2.29. The van der Waals surface area contributed by atoms with Crippen LogP contribution in [-0.2, 0) is 11.3 Å². The van der Waals surface area contributed by atoms with Crippen LogP contribution in [0.5, 0.6) is 0 Å². The van der Waals surface area contributed by atoms with E-state index < -0.39 is 0 Å². The minimum Gasteiger partial charge on any atom is -0.342 e. The van der Waals surface area contributed by atoms with Gasteiger partial charge in [0.25, 0.3) is 11.1 Å². The van der Waals surface area contributed by atoms with Crippen molar-refractivity contribution in [2.24, 2.45) is 0 Å². The quantitative estimate of drug-likeness (QED) is 0.809. The topological polar surface area (TPSA) is 57.7 Å². The molecule has 0 aliphatic carbocycles. The SMILES string of the molecule is CCCCN(C)C(=O)c1cccc(CN2C(=O)CSC2=O)c1. The average molecular weight is 320 g/mol. The highest BCUT2D eigenvalue weighted by molar-refractivity contribution is 8.14. The van der Waals surface area contributed by atoms with Gasteiger partial charge in [0.05, 0.1) is 12.3 Å². The maximum Gasteiger partial charge on any atom is 0.289 e. The second-order valence-corrected chi connectivity index (χ2v) is 6.24. The molecule has 0 bridgehead atoms. The number of thioether (sulfide) groups is 1. The van der Waals surface area contributed by atoms with Crippen molar-refractivity contribution in [2.45, 2.75) is 26.3 Å². The van der Waals surface area contributed by atoms with Crippen molar-refractivity contribution >= 4 is 28.8 Å². The molecule has 0 saturated carbocycles. The lowest BCUT2D eigenvalue weighted by Gasteiger charge is -2.18. The molecule has 0 N–H and O–H groups in total. The molecular weight excluding hydrogens is 300 g/mol. The van der Waals surface area contributed by atoms with Crippen molar-refractivity contribution in [3.05, 3.63) is 35.4 Å². The molecule has 0 spiro atoms. The Bertz CT molecular complexity index is 573. The van der Waals surface area contributed by atoms with Crippen LogP contribution in [-0.4, -0.2) is 46.2 Å². The van der Waals surface area contributed by atoms with Crippen molar-refractivity contribution in [1.29, 1.82) is 0 Å². The van der Waals surface area contributed by atoms with Crippen LogP contribution in [0.25, 0.3) is 0 Å². The van der Waals surface area contributed by atoms with E-state index >= 15 is 0 Å². The molecule has 1 aromatic carbocycles. The molecule has 1 aliphatic rings. The molecule has 1 fully saturated rings. The van der Waals surface area contributed by atoms with Crippen LogP contribution < -0.4 is 0 Å². The Morgan fingerprint density at radius 3 is 2.77 bits per heavy atom. The zero-order chi connectivity index (χ0) is 16.1. The smallest absolute Gasteiger partial charge is 0.289 e. The predicted molar refractivity (Wildman–Crippen MR) is 86.7 cm³/mol. The maximum absolute atomic E-state index is 12.3. The summed E-state index contributed by atoms with van der Waals surface area (Å²) in [5.74, 6) is -0.00689. The summed E-state index contributed by atoms with van der Waals surface area (Å²) in [5, 5.41) is -0.221. The molecule has 1 aromatic rings. The van der Waals surface area contributed by atoms with Crippen molar-refractivity contribution in [2.75, 3.05) is 19.3 Å². The first-order valence-corrected chi connectivity index (χ1v) is 8.33. The number of imide groups is 1. The molecule has 22 heavy (non-hydrogen) atoms. The third-order valence-corrected chi connectivity index (χ3v) is 4.41. The summed E-state index contributed by atoms with van der Waals surface area (Å²) in [5.41, 5.74) is 1.38. The van der Waals surface area contributed by atoms with E-state index in [1.807, 2.05) is 6.07 Å². The lowest BCUT2D eigenvalue weighted by molar-refractivity contribution is -0.125. The van der Waals surface area contributed by atoms with Crippen molar-refractivity contribution in [3.63, 3.8) is 0 Å². The summed E-state index contributed by atoms with van der Waals surface area (Å²) in [6.45, 7) is 3.03. The molecule has 0 unspecified atom stereocenters. The first-order valence-electron chi connectivity index (χ1n) is 7.34. The van der Waals surface area contributed by atoms with E-state index in [1.54, 1.807) is 30.1 Å². The third-order valence-electron chi connectivity index (χ3n) is 3.55. The highest BCUT2D eigenvalue weighted by Gasteiger charge is 2.29. The summed E-state index contributed by atoms with van der Waals surface area (Å²) in [7, 11) is 1.79. The van der Waals surface area contributed by atoms with E-state index in [0.29, 0.717) is 5.56 Å². The molecule has 2 rings (SSSR count). The first-order chi connectivity index (χ1) is 10.5. The Hall–Kier alpha value is -1.82. The van der Waals surface area contributed by atoms with Gasteiger partial charge in [0, 0.05) is 19.2 Å². The van der Waals surface area contributed by atoms with Gasteiger partial charge >= 0.3 is 0 Å². The number of hydrogen-bond acceptors (Lipinski definition) is 4. The van der Waals surface area contributed by atoms with E-state index in [9.17, 15) is 14.4 Å². The number of hydrogen-bond donors (Lipinski definition) is 0. The predicted octanol–water partition coefficient (Wildman–Crippen LogP) is 2.75. The third kappa shape index (κ3) is 3.88. The maximum atomic E-state index is 12.3. The van der Waals surface area contributed by atoms with E-state index in [4.69, 9.17) is 0 Å². The minimum atomic E-state index is -0.221. The molecule has 0 atom stereocenters. The van der Waals surface area contributed by atoms with Gasteiger partial charge in [-0.2, -0.15) is 0 Å². The molecule has 3 amide bonds. The molecule has 1 aliphatic heterocycles. The van der Waals surface area contributed by atoms with Gasteiger partial charge in [0.2, 0.25) is 5.91 Å². The van der Waals surface area contributed by atoms with Gasteiger partial charge in [-0.1, -0.05) is 37.2 Å². The van der Waals surface area contributed by atoms with Gasteiger partial charge in [0.1, 0.15) is 0 Å². The standard InChI is InChI=1S/C16H20N2O3S/c1-3-4-8-17(2)15(20)13-7-5-6-12(9-13)10-18-14(19)11-22-16(18)21/h5-7,9H,3-4,8,10-11H2,1-2H3. The highest BCUT2D eigenvalue weighted by Crippen LogP contribution is 2.21. The number of carbonyl (C=O) groups excluding carboxylic acids is 3. The van der Waals surface area contributed by atoms with E-state index in [2.05, 4.69) is 6.92 Å². The molecule has 0 aromatic heterocycles. The van der Waals surface area contributed by atoms with Gasteiger partial charge in [-0.15, -0.1) is 0 Å². The number of benzene rings is 1. The van der Waals surface area contributed by atoms with Gasteiger partial charge in [-0.25, -0.2) is 0 Å². The Morgan fingerprint density at radius 2 is 2.14 bits per heavy atom. The molecule has 1 heterocycles. The first kappa shape index (κ1) is 16.5. The monoisotopic (exact) mass is 320 g/mol. The average Bonchev–Trinajstić information content (AvgIpc) is 2.84. The number of nitrogens with zero attached hydrogens (tertiary/aromatic N) is 2. The molecule has 1 saturated heterocycles. The van der Waals surface area contributed by atoms with E-state index in [1.165, 1.54) is 4.90 Å². The van der Waals surface area contributed by atoms with Crippen molar-refractivity contribution in [3.8, 4) is 0 Å². The molecular formula is C16H20N2O3S. The van der Waals surface area contributed by atoms with E-state index in [0.717, 1.165) is 36.7 Å². The summed E-state index contributed by atoms with van der Waals surface area (Å²) in [6.07, 6.45) is 2.00. The fraction of sp³-hybridized carbons (Fsp3) is 0.438. The number of carbonyl (C=O) groups is 3. The zero-order valence-corrected chi connectivity index (χ0v) is 13.7. The van der Waals surface area contributed by atoms with Gasteiger partial charge < -0.3 is 4.90 Å². The molecule has 5 nitrogen and oxygen atoms in total. The van der Waals surface area contributed by atoms with Crippen LogP contribution in [0.3, 0.4) is 0 Å². The Kier molecular flexibility index (Phi) is 5.60. The van der Waals surface area contributed by atoms with Gasteiger partial charge in [-0.3, -0.25) is 19.3 Å². The van der Waals surface area contributed by atoms with Crippen LogP contribution in [0.1, 0.15) is 35.7 Å². The fourth-order valence-corrected chi connectivity index (χ4v) is 2.96. The number of rotatable bonds is 6. The van der Waals surface area contributed by atoms with Crippen LogP contribution >= 0.6 is 11.8 Å². The van der Waals surface area contributed by atoms with Crippen LogP contribution in [0.4, 0.5) is 4.79 Å². The van der Waals surface area contributed by atoms with Crippen LogP contribution in [0.15, 0.2) is 24.3 Å². The van der Waals surface area contributed by atoms with Gasteiger partial charge in [0.15, 0.2) is 0 Å². The normalized spacial score (nSPS) is 14.5. The Balaban J connectivity index is 2.08. The Morgan fingerprint density at radius 1 is 1.36 bits per heavy atom. The summed E-state index contributed by atoms with van der Waals surface area (Å²) < 4.78 is 0. The Labute approximate surface area is 134 Å². The molecule has 118 valence electrons. The summed E-state index contributed by atoms with van der Waals surface area (Å²) in [6, 6.07) is 7.13. The fourth-order valence-electron chi connectivity index (χ4n) is 2.24. The largest absolute Gasteiger partial charge is 0.342 e. The number of unbranched alkanes of at least 4 members (excludes halogenated alkanes) is 1. The van der Waals surface area contributed by atoms with Crippen LogP contribution in [0.2, 0.25) is 0 Å². The lowest BCUT2D eigenvalue weighted by atomic mass is 10.1. The summed E-state index contributed by atoms with van der Waals surface area (Å²) in [4.78, 5) is 38.5. The molecule has 6 heteroatoms. The van der Waals surface area contributed by atoms with Crippen molar-refractivity contribution < 1.29 is 14.4 Å². The van der Waals surface area contributed by atoms with E-state index in [-0.39, 0.29) is 29.4 Å². The highest BCUT2D eigenvalue weighted by atomic mass is 32.2. The van der Waals surface area contributed by atoms with Gasteiger partial charge in [-0.05, 0) is 24.1 Å². The minimum absolute atomic E-state index is 0.0382. The van der Waals surface area contributed by atoms with Crippen molar-refractivity contribution in [1.82, 2.24) is 9.80 Å². The second-order valence-electron chi connectivity index (χ2n) is 5.32. The second kappa shape index (κ2) is 7.45. The van der Waals surface area contributed by atoms with Crippen LogP contribution in [0, 0.1) is 0 Å². The molecule has 0 radical (unpaired) electrons. The zero-order valence-electron chi connectivity index (χ0n) is 12.9. The number of amides is 3. The summed E-state index contributed by atoms with van der Waals surface area (Å²) >= 11 is 1.02.